The lowest BCUT2D eigenvalue weighted by Crippen LogP contribution is -2.34. The summed E-state index contributed by atoms with van der Waals surface area (Å²) in [6.07, 6.45) is 3.82. The second-order valence-electron chi connectivity index (χ2n) is 6.96. The smallest absolute Gasteiger partial charge is 0.343 e. The highest BCUT2D eigenvalue weighted by Gasteiger charge is 2.42. The lowest BCUT2D eigenvalue weighted by molar-refractivity contribution is -0.314. The van der Waals surface area contributed by atoms with Crippen LogP contribution in [-0.2, 0) is 9.78 Å². The Morgan fingerprint density at radius 3 is 2.54 bits per heavy atom. The van der Waals surface area contributed by atoms with Crippen LogP contribution >= 0.6 is 0 Å². The van der Waals surface area contributed by atoms with E-state index in [1.807, 2.05) is 30.3 Å². The van der Waals surface area contributed by atoms with E-state index in [0.29, 0.717) is 31.0 Å². The Bertz CT molecular complexity index is 861. The Morgan fingerprint density at radius 2 is 1.92 bits per heavy atom. The Balaban J connectivity index is 1.71. The summed E-state index contributed by atoms with van der Waals surface area (Å²) in [5, 5.41) is 9.54. The molecule has 0 amide bonds. The molecular formula is C19H20N2O5. The number of nitrogens with zero attached hydrogens (tertiary/aromatic N) is 1. The molecule has 1 aliphatic carbocycles. The summed E-state index contributed by atoms with van der Waals surface area (Å²) in [6, 6.07) is 9.24. The van der Waals surface area contributed by atoms with Crippen LogP contribution < -0.4 is 5.56 Å². The number of rotatable bonds is 3. The predicted molar refractivity (Wildman–Crippen MR) is 92.8 cm³/mol. The first-order valence-corrected chi connectivity index (χ1v) is 8.82. The van der Waals surface area contributed by atoms with Crippen molar-refractivity contribution in [2.75, 3.05) is 6.61 Å². The largest absolute Gasteiger partial charge is 0.477 e. The van der Waals surface area contributed by atoms with Crippen molar-refractivity contribution in [1.82, 2.24) is 9.97 Å². The van der Waals surface area contributed by atoms with Gasteiger partial charge in [-0.15, -0.1) is 0 Å². The van der Waals surface area contributed by atoms with E-state index in [9.17, 15) is 14.7 Å². The summed E-state index contributed by atoms with van der Waals surface area (Å²) < 4.78 is 0. The molecule has 2 N–H and O–H groups in total. The van der Waals surface area contributed by atoms with Crippen LogP contribution in [0.4, 0.5) is 0 Å². The van der Waals surface area contributed by atoms with E-state index in [4.69, 9.17) is 9.78 Å². The molecule has 1 spiro atoms. The first-order valence-electron chi connectivity index (χ1n) is 8.82. The number of aromatic carboxylic acids is 1. The van der Waals surface area contributed by atoms with Gasteiger partial charge in [-0.05, 0) is 25.7 Å². The molecule has 4 rings (SSSR count). The van der Waals surface area contributed by atoms with E-state index < -0.39 is 11.5 Å². The van der Waals surface area contributed by atoms with E-state index in [0.717, 1.165) is 24.8 Å². The minimum absolute atomic E-state index is 0.0827. The maximum absolute atomic E-state index is 12.4. The number of H-pyrrole nitrogens is 1. The lowest BCUT2D eigenvalue weighted by atomic mass is 9.75. The van der Waals surface area contributed by atoms with Crippen molar-refractivity contribution in [2.24, 2.45) is 0 Å². The van der Waals surface area contributed by atoms with Gasteiger partial charge < -0.3 is 10.1 Å². The number of hydrogen-bond acceptors (Lipinski definition) is 5. The number of nitrogens with one attached hydrogen (secondary N) is 1. The highest BCUT2D eigenvalue weighted by Crippen LogP contribution is 2.44. The van der Waals surface area contributed by atoms with Gasteiger partial charge in [0, 0.05) is 17.9 Å². The fourth-order valence-corrected chi connectivity index (χ4v) is 3.91. The summed E-state index contributed by atoms with van der Waals surface area (Å²) in [5.74, 6) is -0.925. The van der Waals surface area contributed by atoms with Gasteiger partial charge in [0.15, 0.2) is 0 Å². The monoisotopic (exact) mass is 356 g/mol. The van der Waals surface area contributed by atoms with Crippen LogP contribution in [0.15, 0.2) is 35.1 Å². The molecule has 0 bridgehead atoms. The SMILES string of the molecule is O=C(O)c1c(C2CCC3(CCOO3)CC2)nc(-c2ccccc2)[nH]c1=O. The van der Waals surface area contributed by atoms with Gasteiger partial charge in [-0.3, -0.25) is 4.79 Å². The Kier molecular flexibility index (Phi) is 4.34. The molecule has 1 aromatic carbocycles. The van der Waals surface area contributed by atoms with Crippen molar-refractivity contribution in [2.45, 2.75) is 43.6 Å². The highest BCUT2D eigenvalue weighted by atomic mass is 17.2. The van der Waals surface area contributed by atoms with Gasteiger partial charge in [0.1, 0.15) is 17.0 Å². The number of aromatic nitrogens is 2. The van der Waals surface area contributed by atoms with Crippen LogP contribution in [0.1, 0.15) is 54.1 Å². The highest BCUT2D eigenvalue weighted by molar-refractivity contribution is 5.88. The van der Waals surface area contributed by atoms with Crippen LogP contribution in [0.2, 0.25) is 0 Å². The van der Waals surface area contributed by atoms with Crippen LogP contribution in [0.3, 0.4) is 0 Å². The summed E-state index contributed by atoms with van der Waals surface area (Å²) >= 11 is 0. The van der Waals surface area contributed by atoms with Gasteiger partial charge in [-0.2, -0.15) is 0 Å². The van der Waals surface area contributed by atoms with Crippen molar-refractivity contribution < 1.29 is 19.7 Å². The predicted octanol–water partition coefficient (Wildman–Crippen LogP) is 2.88. The van der Waals surface area contributed by atoms with E-state index in [-0.39, 0.29) is 17.1 Å². The molecule has 7 nitrogen and oxygen atoms in total. The van der Waals surface area contributed by atoms with Crippen LogP contribution in [0, 0.1) is 0 Å². The van der Waals surface area contributed by atoms with Gasteiger partial charge in [0.25, 0.3) is 5.56 Å². The second-order valence-corrected chi connectivity index (χ2v) is 6.96. The zero-order valence-electron chi connectivity index (χ0n) is 14.2. The molecule has 0 unspecified atom stereocenters. The summed E-state index contributed by atoms with van der Waals surface area (Å²) in [6.45, 7) is 0.590. The molecule has 1 aliphatic heterocycles. The molecule has 2 heterocycles. The summed E-state index contributed by atoms with van der Waals surface area (Å²) in [4.78, 5) is 41.8. The maximum Gasteiger partial charge on any atom is 0.343 e. The third kappa shape index (κ3) is 3.04. The molecule has 0 atom stereocenters. The third-order valence-electron chi connectivity index (χ3n) is 5.37. The molecule has 2 aliphatic rings. The molecule has 136 valence electrons. The molecule has 1 aromatic heterocycles. The fraction of sp³-hybridized carbons (Fsp3) is 0.421. The number of hydrogen-bond donors (Lipinski definition) is 2. The molecule has 7 heteroatoms. The Morgan fingerprint density at radius 1 is 1.19 bits per heavy atom. The minimum Gasteiger partial charge on any atom is -0.477 e. The Labute approximate surface area is 149 Å². The maximum atomic E-state index is 12.4. The topological polar surface area (TPSA) is 102 Å². The van der Waals surface area contributed by atoms with Crippen molar-refractivity contribution in [3.8, 4) is 11.4 Å². The summed E-state index contributed by atoms with van der Waals surface area (Å²) in [5.41, 5.74) is -0.00337. The van der Waals surface area contributed by atoms with Crippen LogP contribution in [0.25, 0.3) is 11.4 Å². The van der Waals surface area contributed by atoms with Crippen molar-refractivity contribution in [3.05, 3.63) is 51.9 Å². The van der Waals surface area contributed by atoms with Crippen molar-refractivity contribution >= 4 is 5.97 Å². The number of benzene rings is 1. The minimum atomic E-state index is -1.24. The van der Waals surface area contributed by atoms with Gasteiger partial charge in [-0.1, -0.05) is 30.3 Å². The molecule has 0 radical (unpaired) electrons. The molecule has 2 aromatic rings. The van der Waals surface area contributed by atoms with E-state index in [1.165, 1.54) is 0 Å². The van der Waals surface area contributed by atoms with Gasteiger partial charge in [-0.25, -0.2) is 19.6 Å². The third-order valence-corrected chi connectivity index (χ3v) is 5.37. The van der Waals surface area contributed by atoms with Gasteiger partial charge in [0.2, 0.25) is 0 Å². The quantitative estimate of drug-likeness (QED) is 0.820. The summed E-state index contributed by atoms with van der Waals surface area (Å²) in [7, 11) is 0. The molecular weight excluding hydrogens is 336 g/mol. The number of carboxylic acid groups (broad SMARTS) is 1. The Hall–Kier alpha value is -2.51. The van der Waals surface area contributed by atoms with Crippen molar-refractivity contribution in [3.63, 3.8) is 0 Å². The molecule has 1 saturated heterocycles. The van der Waals surface area contributed by atoms with E-state index >= 15 is 0 Å². The standard InChI is InChI=1S/C19H20N2O5/c22-17-14(18(23)24)15(20-16(21-17)13-4-2-1-3-5-13)12-6-8-19(9-7-12)10-11-25-26-19/h1-5,12H,6-11H2,(H,23,24)(H,20,21,22). The second kappa shape index (κ2) is 6.66. The number of carboxylic acids is 1. The lowest BCUT2D eigenvalue weighted by Gasteiger charge is -2.34. The molecule has 1 saturated carbocycles. The average molecular weight is 356 g/mol. The molecule has 2 fully saturated rings. The average Bonchev–Trinajstić information content (AvgIpc) is 3.10. The zero-order chi connectivity index (χ0) is 18.1. The van der Waals surface area contributed by atoms with Crippen molar-refractivity contribution in [1.29, 1.82) is 0 Å². The molecule has 26 heavy (non-hydrogen) atoms. The first-order chi connectivity index (χ1) is 12.6. The number of carbonyl (C=O) groups is 1. The normalized spacial score (nSPS) is 25.5. The van der Waals surface area contributed by atoms with Gasteiger partial charge >= 0.3 is 5.97 Å². The van der Waals surface area contributed by atoms with E-state index in [1.54, 1.807) is 0 Å². The first kappa shape index (κ1) is 16.9. The van der Waals surface area contributed by atoms with Crippen LogP contribution in [0.5, 0.6) is 0 Å². The fourth-order valence-electron chi connectivity index (χ4n) is 3.91. The van der Waals surface area contributed by atoms with Gasteiger partial charge in [0.05, 0.1) is 12.3 Å². The zero-order valence-corrected chi connectivity index (χ0v) is 14.2. The number of aromatic amines is 1. The van der Waals surface area contributed by atoms with Crippen LogP contribution in [-0.4, -0.2) is 33.3 Å². The van der Waals surface area contributed by atoms with E-state index in [2.05, 4.69) is 9.97 Å².